The highest BCUT2D eigenvalue weighted by Crippen LogP contribution is 2.32. The quantitative estimate of drug-likeness (QED) is 0.640. The fourth-order valence-electron chi connectivity index (χ4n) is 2.56. The van der Waals surface area contributed by atoms with Gasteiger partial charge >= 0.3 is 5.63 Å². The third-order valence-electron chi connectivity index (χ3n) is 3.91. The molecule has 3 nitrogen and oxygen atoms in total. The Morgan fingerprint density at radius 1 is 1.13 bits per heavy atom. The molecule has 0 amide bonds. The van der Waals surface area contributed by atoms with E-state index in [0.717, 1.165) is 28.5 Å². The van der Waals surface area contributed by atoms with Gasteiger partial charge in [-0.25, -0.2) is 4.79 Å². The number of fused-ring (bicyclic) bond motifs is 1. The van der Waals surface area contributed by atoms with Crippen LogP contribution >= 0.6 is 11.6 Å². The summed E-state index contributed by atoms with van der Waals surface area (Å²) in [5.74, 6) is 0.513. The summed E-state index contributed by atoms with van der Waals surface area (Å²) in [5.41, 5.74) is 3.31. The lowest BCUT2D eigenvalue weighted by Crippen LogP contribution is -2.01. The van der Waals surface area contributed by atoms with Gasteiger partial charge in [0.2, 0.25) is 0 Å². The molecule has 2 aromatic carbocycles. The number of ether oxygens (including phenoxy) is 1. The summed E-state index contributed by atoms with van der Waals surface area (Å²) < 4.78 is 11.1. The minimum Gasteiger partial charge on any atom is -0.487 e. The second-order valence-electron chi connectivity index (χ2n) is 5.44. The van der Waals surface area contributed by atoms with Gasteiger partial charge < -0.3 is 9.15 Å². The maximum absolute atomic E-state index is 11.6. The number of aryl methyl sites for hydroxylation is 2. The van der Waals surface area contributed by atoms with Crippen molar-refractivity contribution < 1.29 is 9.15 Å². The molecule has 3 rings (SSSR count). The van der Waals surface area contributed by atoms with E-state index in [1.807, 2.05) is 38.1 Å². The smallest absolute Gasteiger partial charge is 0.336 e. The van der Waals surface area contributed by atoms with Crippen LogP contribution in [0.4, 0.5) is 0 Å². The zero-order chi connectivity index (χ0) is 16.4. The van der Waals surface area contributed by atoms with Gasteiger partial charge in [0.25, 0.3) is 0 Å². The van der Waals surface area contributed by atoms with Crippen LogP contribution < -0.4 is 10.4 Å². The zero-order valence-electron chi connectivity index (χ0n) is 13.1. The van der Waals surface area contributed by atoms with Gasteiger partial charge in [0.1, 0.15) is 17.9 Å². The van der Waals surface area contributed by atoms with Crippen LogP contribution in [0.1, 0.15) is 23.6 Å². The van der Waals surface area contributed by atoms with Crippen LogP contribution in [0.3, 0.4) is 0 Å². The summed E-state index contributed by atoms with van der Waals surface area (Å²) in [5, 5.41) is 1.36. The summed E-state index contributed by atoms with van der Waals surface area (Å²) in [4.78, 5) is 11.6. The molecule has 0 fully saturated rings. The zero-order valence-corrected chi connectivity index (χ0v) is 13.8. The van der Waals surface area contributed by atoms with Crippen molar-refractivity contribution in [3.05, 3.63) is 74.6 Å². The first kappa shape index (κ1) is 15.6. The Morgan fingerprint density at radius 2 is 1.91 bits per heavy atom. The van der Waals surface area contributed by atoms with Gasteiger partial charge in [-0.1, -0.05) is 42.8 Å². The third kappa shape index (κ3) is 3.25. The SMILES string of the molecule is CCc1cc(=O)oc2cc(OCc3ccccc3C)c(Cl)cc12. The fourth-order valence-corrected chi connectivity index (χ4v) is 2.78. The predicted molar refractivity (Wildman–Crippen MR) is 92.4 cm³/mol. The molecule has 0 aliphatic carbocycles. The monoisotopic (exact) mass is 328 g/mol. The normalized spacial score (nSPS) is 10.9. The van der Waals surface area contributed by atoms with E-state index in [2.05, 4.69) is 0 Å². The number of benzene rings is 2. The molecule has 0 saturated carbocycles. The van der Waals surface area contributed by atoms with E-state index < -0.39 is 0 Å². The second-order valence-corrected chi connectivity index (χ2v) is 5.85. The van der Waals surface area contributed by atoms with Crippen LogP contribution in [0.25, 0.3) is 11.0 Å². The molecule has 0 aliphatic rings. The lowest BCUT2D eigenvalue weighted by molar-refractivity contribution is 0.305. The molecule has 0 atom stereocenters. The first-order chi connectivity index (χ1) is 11.1. The number of halogens is 1. The number of rotatable bonds is 4. The third-order valence-corrected chi connectivity index (χ3v) is 4.20. The van der Waals surface area contributed by atoms with E-state index >= 15 is 0 Å². The molecule has 0 spiro atoms. The average molecular weight is 329 g/mol. The summed E-state index contributed by atoms with van der Waals surface area (Å²) in [6.45, 7) is 4.44. The Hall–Kier alpha value is -2.26. The highest BCUT2D eigenvalue weighted by atomic mass is 35.5. The van der Waals surface area contributed by atoms with Gasteiger partial charge in [-0.2, -0.15) is 0 Å². The van der Waals surface area contributed by atoms with Crippen molar-refractivity contribution in [3.63, 3.8) is 0 Å². The van der Waals surface area contributed by atoms with Crippen LogP contribution in [0.5, 0.6) is 5.75 Å². The molecule has 4 heteroatoms. The molecule has 23 heavy (non-hydrogen) atoms. The summed E-state index contributed by atoms with van der Waals surface area (Å²) >= 11 is 6.33. The Bertz CT molecular complexity index is 912. The van der Waals surface area contributed by atoms with E-state index in [1.54, 1.807) is 12.1 Å². The fraction of sp³-hybridized carbons (Fsp3) is 0.211. The van der Waals surface area contributed by atoms with Crippen LogP contribution in [0, 0.1) is 6.92 Å². The van der Waals surface area contributed by atoms with Crippen molar-refractivity contribution in [3.8, 4) is 5.75 Å². The van der Waals surface area contributed by atoms with Crippen molar-refractivity contribution >= 4 is 22.6 Å². The van der Waals surface area contributed by atoms with Crippen LogP contribution in [-0.4, -0.2) is 0 Å². The van der Waals surface area contributed by atoms with Crippen LogP contribution in [-0.2, 0) is 13.0 Å². The largest absolute Gasteiger partial charge is 0.487 e. The van der Waals surface area contributed by atoms with Gasteiger partial charge in [-0.05, 0) is 36.1 Å². The number of hydrogen-bond acceptors (Lipinski definition) is 3. The molecule has 118 valence electrons. The van der Waals surface area contributed by atoms with Crippen LogP contribution in [0.2, 0.25) is 5.02 Å². The van der Waals surface area contributed by atoms with Gasteiger partial charge in [-0.3, -0.25) is 0 Å². The summed E-state index contributed by atoms with van der Waals surface area (Å²) in [7, 11) is 0. The molecule has 1 aromatic heterocycles. The van der Waals surface area contributed by atoms with Crippen molar-refractivity contribution in [1.82, 2.24) is 0 Å². The second kappa shape index (κ2) is 6.47. The van der Waals surface area contributed by atoms with Crippen molar-refractivity contribution in [2.75, 3.05) is 0 Å². The van der Waals surface area contributed by atoms with E-state index in [-0.39, 0.29) is 5.63 Å². The lowest BCUT2D eigenvalue weighted by Gasteiger charge is -2.11. The minimum absolute atomic E-state index is 0.360. The molecule has 0 N–H and O–H groups in total. The Kier molecular flexibility index (Phi) is 4.39. The van der Waals surface area contributed by atoms with Crippen LogP contribution in [0.15, 0.2) is 51.7 Å². The van der Waals surface area contributed by atoms with Crippen molar-refractivity contribution in [1.29, 1.82) is 0 Å². The van der Waals surface area contributed by atoms with E-state index in [0.29, 0.717) is 23.0 Å². The molecular weight excluding hydrogens is 312 g/mol. The van der Waals surface area contributed by atoms with Gasteiger partial charge in [0.05, 0.1) is 5.02 Å². The standard InChI is InChI=1S/C19H17ClO3/c1-3-13-8-19(21)23-17-10-18(16(20)9-15(13)17)22-11-14-7-5-4-6-12(14)2/h4-10H,3,11H2,1-2H3. The topological polar surface area (TPSA) is 39.4 Å². The average Bonchev–Trinajstić information content (AvgIpc) is 2.54. The summed E-state index contributed by atoms with van der Waals surface area (Å²) in [6.07, 6.45) is 0.738. The molecule has 0 saturated heterocycles. The van der Waals surface area contributed by atoms with Gasteiger partial charge in [-0.15, -0.1) is 0 Å². The molecule has 0 aliphatic heterocycles. The molecule has 0 bridgehead atoms. The number of hydrogen-bond donors (Lipinski definition) is 0. The highest BCUT2D eigenvalue weighted by Gasteiger charge is 2.11. The maximum Gasteiger partial charge on any atom is 0.336 e. The van der Waals surface area contributed by atoms with E-state index in [4.69, 9.17) is 20.8 Å². The van der Waals surface area contributed by atoms with E-state index in [9.17, 15) is 4.79 Å². The first-order valence-corrected chi connectivity index (χ1v) is 7.90. The molecule has 0 unspecified atom stereocenters. The molecule has 3 aromatic rings. The highest BCUT2D eigenvalue weighted by molar-refractivity contribution is 6.32. The van der Waals surface area contributed by atoms with Crippen molar-refractivity contribution in [2.45, 2.75) is 26.9 Å². The Balaban J connectivity index is 1.97. The molecule has 0 radical (unpaired) electrons. The maximum atomic E-state index is 11.6. The first-order valence-electron chi connectivity index (χ1n) is 7.52. The molecular formula is C19H17ClO3. The van der Waals surface area contributed by atoms with E-state index in [1.165, 1.54) is 6.07 Å². The van der Waals surface area contributed by atoms with Crippen molar-refractivity contribution in [2.24, 2.45) is 0 Å². The summed E-state index contributed by atoms with van der Waals surface area (Å²) in [6, 6.07) is 13.0. The molecule has 1 heterocycles. The lowest BCUT2D eigenvalue weighted by atomic mass is 10.1. The van der Waals surface area contributed by atoms with Gasteiger partial charge in [0, 0.05) is 17.5 Å². The Labute approximate surface area is 139 Å². The van der Waals surface area contributed by atoms with Gasteiger partial charge in [0.15, 0.2) is 0 Å². The predicted octanol–water partition coefficient (Wildman–Crippen LogP) is 4.90. The Morgan fingerprint density at radius 3 is 2.65 bits per heavy atom. The minimum atomic E-state index is -0.360.